The summed E-state index contributed by atoms with van der Waals surface area (Å²) in [6.45, 7) is 2.14. The largest absolute Gasteiger partial charge is 0.429 e. The summed E-state index contributed by atoms with van der Waals surface area (Å²) in [7, 11) is 0. The van der Waals surface area contributed by atoms with E-state index in [4.69, 9.17) is 0 Å². The van der Waals surface area contributed by atoms with Gasteiger partial charge < -0.3 is 4.74 Å². The van der Waals surface area contributed by atoms with Crippen molar-refractivity contribution in [3.8, 4) is 16.9 Å². The standard InChI is InChI=1S/C28H25F7O/c1-2-3-16-4-6-17(7-5-16)19-12-22(29)26(23(30)13-19)18-8-10-20(11-9-18)28(34,35)36-21-14-24(31)27(33)25(32)15-21/h8-17H,2-7H2,1H3. The summed E-state index contributed by atoms with van der Waals surface area (Å²) in [5.41, 5.74) is -0.421. The average molecular weight is 510 g/mol. The Balaban J connectivity index is 1.52. The van der Waals surface area contributed by atoms with Crippen LogP contribution in [-0.4, -0.2) is 0 Å². The molecule has 36 heavy (non-hydrogen) atoms. The molecule has 192 valence electrons. The first-order chi connectivity index (χ1) is 17.1. The second-order valence-electron chi connectivity index (χ2n) is 9.26. The van der Waals surface area contributed by atoms with E-state index in [1.165, 1.54) is 12.1 Å². The molecule has 1 aliphatic carbocycles. The number of hydrogen-bond donors (Lipinski definition) is 0. The maximum atomic E-state index is 15.0. The molecule has 0 aromatic heterocycles. The first kappa shape index (κ1) is 26.0. The molecule has 1 saturated carbocycles. The van der Waals surface area contributed by atoms with Crippen molar-refractivity contribution in [2.75, 3.05) is 0 Å². The van der Waals surface area contributed by atoms with Crippen LogP contribution in [0.25, 0.3) is 11.1 Å². The Morgan fingerprint density at radius 1 is 0.778 bits per heavy atom. The predicted octanol–water partition coefficient (Wildman–Crippen LogP) is 9.25. The Labute approximate surface area is 204 Å². The number of hydrogen-bond acceptors (Lipinski definition) is 1. The van der Waals surface area contributed by atoms with E-state index in [-0.39, 0.29) is 17.0 Å². The second-order valence-corrected chi connectivity index (χ2v) is 9.26. The van der Waals surface area contributed by atoms with E-state index in [2.05, 4.69) is 11.7 Å². The van der Waals surface area contributed by atoms with Crippen LogP contribution in [0.1, 0.15) is 62.5 Å². The van der Waals surface area contributed by atoms with Gasteiger partial charge in [-0.25, -0.2) is 22.0 Å². The third-order valence-electron chi connectivity index (χ3n) is 6.79. The van der Waals surface area contributed by atoms with E-state index in [1.54, 1.807) is 0 Å². The highest BCUT2D eigenvalue weighted by Gasteiger charge is 2.35. The summed E-state index contributed by atoms with van der Waals surface area (Å²) < 4.78 is 103. The van der Waals surface area contributed by atoms with Gasteiger partial charge in [0.2, 0.25) is 0 Å². The Morgan fingerprint density at radius 2 is 1.33 bits per heavy atom. The van der Waals surface area contributed by atoms with Crippen LogP contribution in [0.2, 0.25) is 0 Å². The van der Waals surface area contributed by atoms with Crippen LogP contribution < -0.4 is 4.74 Å². The molecule has 1 nitrogen and oxygen atoms in total. The molecule has 0 aliphatic heterocycles. The van der Waals surface area contributed by atoms with Gasteiger partial charge in [-0.15, -0.1) is 0 Å². The lowest BCUT2D eigenvalue weighted by molar-refractivity contribution is -0.185. The first-order valence-corrected chi connectivity index (χ1v) is 11.9. The van der Waals surface area contributed by atoms with Crippen molar-refractivity contribution < 1.29 is 35.5 Å². The molecule has 3 aromatic carbocycles. The van der Waals surface area contributed by atoms with E-state index in [0.717, 1.165) is 62.8 Å². The van der Waals surface area contributed by atoms with Crippen LogP contribution in [0.4, 0.5) is 30.7 Å². The smallest absolute Gasteiger partial charge is 0.426 e. The highest BCUT2D eigenvalue weighted by Crippen LogP contribution is 2.40. The van der Waals surface area contributed by atoms with Gasteiger partial charge in [0, 0.05) is 12.1 Å². The molecule has 4 rings (SSSR count). The summed E-state index contributed by atoms with van der Waals surface area (Å²) in [5.74, 6) is -6.93. The van der Waals surface area contributed by atoms with Gasteiger partial charge in [-0.3, -0.25) is 0 Å². The summed E-state index contributed by atoms with van der Waals surface area (Å²) in [4.78, 5) is 0. The zero-order valence-electron chi connectivity index (χ0n) is 19.6. The van der Waals surface area contributed by atoms with E-state index in [9.17, 15) is 30.7 Å². The minimum atomic E-state index is -4.05. The summed E-state index contributed by atoms with van der Waals surface area (Å²) in [5, 5.41) is 0. The van der Waals surface area contributed by atoms with Gasteiger partial charge in [0.25, 0.3) is 0 Å². The number of ether oxygens (including phenoxy) is 1. The van der Waals surface area contributed by atoms with Gasteiger partial charge in [0.1, 0.15) is 17.4 Å². The molecular formula is C28H25F7O. The number of alkyl halides is 2. The van der Waals surface area contributed by atoms with Crippen LogP contribution in [0.3, 0.4) is 0 Å². The number of rotatable bonds is 7. The molecule has 1 aliphatic rings. The number of benzene rings is 3. The normalized spacial score (nSPS) is 18.3. The molecule has 0 heterocycles. The van der Waals surface area contributed by atoms with Crippen LogP contribution in [0.15, 0.2) is 48.5 Å². The fourth-order valence-electron chi connectivity index (χ4n) is 4.93. The fourth-order valence-corrected chi connectivity index (χ4v) is 4.93. The van der Waals surface area contributed by atoms with Crippen molar-refractivity contribution in [2.45, 2.75) is 57.5 Å². The third-order valence-corrected chi connectivity index (χ3v) is 6.79. The maximum Gasteiger partial charge on any atom is 0.426 e. The molecule has 0 amide bonds. The molecule has 0 spiro atoms. The van der Waals surface area contributed by atoms with Gasteiger partial charge in [-0.05, 0) is 72.9 Å². The van der Waals surface area contributed by atoms with E-state index in [0.29, 0.717) is 23.6 Å². The highest BCUT2D eigenvalue weighted by atomic mass is 19.3. The van der Waals surface area contributed by atoms with Crippen LogP contribution in [0, 0.1) is 35.0 Å². The fraction of sp³-hybridized carbons (Fsp3) is 0.357. The Morgan fingerprint density at radius 3 is 1.86 bits per heavy atom. The lowest BCUT2D eigenvalue weighted by atomic mass is 9.77. The van der Waals surface area contributed by atoms with Gasteiger partial charge in [0.15, 0.2) is 17.5 Å². The third kappa shape index (κ3) is 5.52. The average Bonchev–Trinajstić information content (AvgIpc) is 2.83. The maximum absolute atomic E-state index is 15.0. The molecule has 1 fully saturated rings. The molecule has 0 saturated heterocycles. The number of halogens is 7. The SMILES string of the molecule is CCCC1CCC(c2cc(F)c(-c3ccc(C(F)(F)Oc4cc(F)c(F)c(F)c4)cc3)c(F)c2)CC1. The monoisotopic (exact) mass is 510 g/mol. The Hall–Kier alpha value is -3.03. The zero-order chi connectivity index (χ0) is 26.0. The van der Waals surface area contributed by atoms with Crippen molar-refractivity contribution in [1.82, 2.24) is 0 Å². The summed E-state index contributed by atoms with van der Waals surface area (Å²) in [6, 6.07) is 7.22. The van der Waals surface area contributed by atoms with Gasteiger partial charge in [0.05, 0.1) is 11.1 Å². The van der Waals surface area contributed by atoms with Gasteiger partial charge in [-0.2, -0.15) is 8.78 Å². The van der Waals surface area contributed by atoms with Crippen molar-refractivity contribution in [3.63, 3.8) is 0 Å². The second kappa shape index (κ2) is 10.5. The topological polar surface area (TPSA) is 9.23 Å². The van der Waals surface area contributed by atoms with E-state index in [1.807, 2.05) is 0 Å². The summed E-state index contributed by atoms with van der Waals surface area (Å²) in [6.07, 6.45) is 2.02. The lowest BCUT2D eigenvalue weighted by Crippen LogP contribution is -2.22. The Bertz CT molecular complexity index is 1170. The predicted molar refractivity (Wildman–Crippen MR) is 122 cm³/mol. The molecule has 3 aromatic rings. The van der Waals surface area contributed by atoms with E-state index < -0.39 is 46.5 Å². The Kier molecular flexibility index (Phi) is 7.62. The van der Waals surface area contributed by atoms with Gasteiger partial charge in [-0.1, -0.05) is 31.9 Å². The lowest BCUT2D eigenvalue weighted by Gasteiger charge is -2.29. The summed E-state index contributed by atoms with van der Waals surface area (Å²) >= 11 is 0. The van der Waals surface area contributed by atoms with Crippen LogP contribution >= 0.6 is 0 Å². The van der Waals surface area contributed by atoms with Crippen molar-refractivity contribution in [3.05, 3.63) is 88.7 Å². The minimum Gasteiger partial charge on any atom is -0.429 e. The van der Waals surface area contributed by atoms with Crippen LogP contribution in [0.5, 0.6) is 5.75 Å². The van der Waals surface area contributed by atoms with Crippen LogP contribution in [-0.2, 0) is 6.11 Å². The van der Waals surface area contributed by atoms with E-state index >= 15 is 0 Å². The first-order valence-electron chi connectivity index (χ1n) is 11.9. The molecule has 8 heteroatoms. The molecule has 0 atom stereocenters. The molecule has 0 radical (unpaired) electrons. The molecular weight excluding hydrogens is 485 g/mol. The molecule has 0 N–H and O–H groups in total. The molecule has 0 bridgehead atoms. The zero-order valence-corrected chi connectivity index (χ0v) is 19.6. The molecule has 0 unspecified atom stereocenters. The van der Waals surface area contributed by atoms with Crippen molar-refractivity contribution >= 4 is 0 Å². The van der Waals surface area contributed by atoms with Crippen molar-refractivity contribution in [2.24, 2.45) is 5.92 Å². The van der Waals surface area contributed by atoms with Crippen molar-refractivity contribution in [1.29, 1.82) is 0 Å². The highest BCUT2D eigenvalue weighted by molar-refractivity contribution is 5.66. The quantitative estimate of drug-likeness (QED) is 0.227. The van der Waals surface area contributed by atoms with Gasteiger partial charge >= 0.3 is 6.11 Å². The minimum absolute atomic E-state index is 0.0432.